The van der Waals surface area contributed by atoms with E-state index in [9.17, 15) is 0 Å². The molecule has 6 heteroatoms. The van der Waals surface area contributed by atoms with Crippen LogP contribution in [0, 0.1) is 0 Å². The molecule has 2 atom stereocenters. The van der Waals surface area contributed by atoms with Crippen molar-refractivity contribution in [2.45, 2.75) is 24.9 Å². The first-order valence-electron chi connectivity index (χ1n) is 7.37. The molecule has 2 N–H and O–H groups in total. The van der Waals surface area contributed by atoms with Gasteiger partial charge in [-0.25, -0.2) is 0 Å². The normalized spacial score (nSPS) is 20.8. The molecule has 0 aliphatic heterocycles. The van der Waals surface area contributed by atoms with E-state index in [1.807, 2.05) is 36.0 Å². The third kappa shape index (κ3) is 3.42. The first-order chi connectivity index (χ1) is 10.7. The molecule has 1 aliphatic carbocycles. The standard InChI is InChI=1S/C16H20ClN5/c1-18-16(19-10-13-6-7-20-22(13)2)21-15-9-14(15)11-4-3-5-12(17)8-11/h3-8,14-15H,9-10H2,1-2H3,(H2,18,19,21). The van der Waals surface area contributed by atoms with Crippen molar-refractivity contribution in [3.05, 3.63) is 52.8 Å². The third-order valence-corrected chi connectivity index (χ3v) is 4.21. The SMILES string of the molecule is CN=C(NCc1ccnn1C)NC1CC1c1cccc(Cl)c1. The molecule has 1 heterocycles. The molecule has 5 nitrogen and oxygen atoms in total. The number of nitrogens with zero attached hydrogens (tertiary/aromatic N) is 3. The maximum atomic E-state index is 6.05. The Labute approximate surface area is 135 Å². The van der Waals surface area contributed by atoms with E-state index >= 15 is 0 Å². The first kappa shape index (κ1) is 14.9. The van der Waals surface area contributed by atoms with Crippen LogP contribution in [0.2, 0.25) is 5.02 Å². The summed E-state index contributed by atoms with van der Waals surface area (Å²) in [5, 5.41) is 11.7. The van der Waals surface area contributed by atoms with Crippen molar-refractivity contribution in [1.29, 1.82) is 0 Å². The van der Waals surface area contributed by atoms with Gasteiger partial charge in [0.15, 0.2) is 5.96 Å². The molecule has 3 rings (SSSR count). The van der Waals surface area contributed by atoms with Crippen LogP contribution in [0.15, 0.2) is 41.5 Å². The Balaban J connectivity index is 1.53. The molecule has 0 radical (unpaired) electrons. The zero-order valence-corrected chi connectivity index (χ0v) is 13.5. The molecular weight excluding hydrogens is 298 g/mol. The molecule has 0 spiro atoms. The highest BCUT2D eigenvalue weighted by atomic mass is 35.5. The number of guanidine groups is 1. The summed E-state index contributed by atoms with van der Waals surface area (Å²) in [5.41, 5.74) is 2.40. The molecule has 1 aliphatic rings. The maximum Gasteiger partial charge on any atom is 0.191 e. The van der Waals surface area contributed by atoms with Gasteiger partial charge in [-0.2, -0.15) is 5.10 Å². The minimum absolute atomic E-state index is 0.413. The van der Waals surface area contributed by atoms with Gasteiger partial charge in [0.1, 0.15) is 0 Å². The predicted molar refractivity (Wildman–Crippen MR) is 89.1 cm³/mol. The van der Waals surface area contributed by atoms with E-state index in [0.717, 1.165) is 23.1 Å². The van der Waals surface area contributed by atoms with Gasteiger partial charge in [-0.1, -0.05) is 23.7 Å². The van der Waals surface area contributed by atoms with Crippen LogP contribution in [0.25, 0.3) is 0 Å². The van der Waals surface area contributed by atoms with Crippen LogP contribution in [0.3, 0.4) is 0 Å². The Bertz CT molecular complexity index is 679. The zero-order chi connectivity index (χ0) is 15.5. The summed E-state index contributed by atoms with van der Waals surface area (Å²) in [6, 6.07) is 10.5. The number of benzene rings is 1. The van der Waals surface area contributed by atoms with E-state index in [4.69, 9.17) is 11.6 Å². The summed E-state index contributed by atoms with van der Waals surface area (Å²) in [6.07, 6.45) is 2.90. The van der Waals surface area contributed by atoms with Gasteiger partial charge in [-0.15, -0.1) is 0 Å². The number of halogens is 1. The van der Waals surface area contributed by atoms with E-state index in [-0.39, 0.29) is 0 Å². The van der Waals surface area contributed by atoms with Crippen molar-refractivity contribution in [3.8, 4) is 0 Å². The second-order valence-electron chi connectivity index (χ2n) is 5.52. The van der Waals surface area contributed by atoms with Crippen molar-refractivity contribution < 1.29 is 0 Å². The summed E-state index contributed by atoms with van der Waals surface area (Å²) < 4.78 is 1.85. The lowest BCUT2D eigenvalue weighted by atomic mass is 10.1. The molecule has 1 fully saturated rings. The van der Waals surface area contributed by atoms with Crippen molar-refractivity contribution in [1.82, 2.24) is 20.4 Å². The molecule has 2 aromatic rings. The predicted octanol–water partition coefficient (Wildman–Crippen LogP) is 2.29. The number of nitrogens with one attached hydrogen (secondary N) is 2. The van der Waals surface area contributed by atoms with Gasteiger partial charge in [0.2, 0.25) is 0 Å². The number of hydrogen-bond donors (Lipinski definition) is 2. The second kappa shape index (κ2) is 6.40. The highest BCUT2D eigenvalue weighted by Gasteiger charge is 2.39. The van der Waals surface area contributed by atoms with Crippen LogP contribution in [0.1, 0.15) is 23.6 Å². The second-order valence-corrected chi connectivity index (χ2v) is 5.96. The Hall–Kier alpha value is -2.01. The molecule has 1 saturated carbocycles. The van der Waals surface area contributed by atoms with Crippen LogP contribution in [-0.2, 0) is 13.6 Å². The van der Waals surface area contributed by atoms with Crippen LogP contribution >= 0.6 is 11.6 Å². The Morgan fingerprint density at radius 3 is 3.00 bits per heavy atom. The number of rotatable bonds is 4. The summed E-state index contributed by atoms with van der Waals surface area (Å²) >= 11 is 6.05. The van der Waals surface area contributed by atoms with Crippen molar-refractivity contribution in [3.63, 3.8) is 0 Å². The van der Waals surface area contributed by atoms with Crippen molar-refractivity contribution >= 4 is 17.6 Å². The first-order valence-corrected chi connectivity index (χ1v) is 7.74. The molecule has 0 saturated heterocycles. The molecular formula is C16H20ClN5. The smallest absolute Gasteiger partial charge is 0.191 e. The highest BCUT2D eigenvalue weighted by Crippen LogP contribution is 2.41. The van der Waals surface area contributed by atoms with Crippen LogP contribution in [-0.4, -0.2) is 28.8 Å². The average Bonchev–Trinajstić information content (AvgIpc) is 3.17. The summed E-state index contributed by atoms with van der Waals surface area (Å²) in [6.45, 7) is 0.699. The van der Waals surface area contributed by atoms with Gasteiger partial charge >= 0.3 is 0 Å². The molecule has 0 amide bonds. The van der Waals surface area contributed by atoms with Gasteiger partial charge in [-0.05, 0) is 30.2 Å². The minimum atomic E-state index is 0.413. The number of aliphatic imine (C=N–C) groups is 1. The maximum absolute atomic E-state index is 6.05. The van der Waals surface area contributed by atoms with E-state index in [1.54, 1.807) is 13.2 Å². The highest BCUT2D eigenvalue weighted by molar-refractivity contribution is 6.30. The summed E-state index contributed by atoms with van der Waals surface area (Å²) in [5.74, 6) is 1.32. The van der Waals surface area contributed by atoms with E-state index in [2.05, 4.69) is 26.8 Å². The zero-order valence-electron chi connectivity index (χ0n) is 12.8. The van der Waals surface area contributed by atoms with E-state index in [1.165, 1.54) is 5.56 Å². The lowest BCUT2D eigenvalue weighted by molar-refractivity contribution is 0.683. The third-order valence-electron chi connectivity index (χ3n) is 3.97. The molecule has 1 aromatic carbocycles. The van der Waals surface area contributed by atoms with Crippen LogP contribution in [0.5, 0.6) is 0 Å². The monoisotopic (exact) mass is 317 g/mol. The van der Waals surface area contributed by atoms with E-state index in [0.29, 0.717) is 18.5 Å². The molecule has 116 valence electrons. The number of aromatic nitrogens is 2. The fourth-order valence-corrected chi connectivity index (χ4v) is 2.78. The Kier molecular flexibility index (Phi) is 4.34. The molecule has 1 aromatic heterocycles. The summed E-state index contributed by atoms with van der Waals surface area (Å²) in [4.78, 5) is 4.28. The topological polar surface area (TPSA) is 54.2 Å². The Morgan fingerprint density at radius 2 is 2.32 bits per heavy atom. The lowest BCUT2D eigenvalue weighted by Gasteiger charge is -2.12. The van der Waals surface area contributed by atoms with Crippen LogP contribution < -0.4 is 10.6 Å². The van der Waals surface area contributed by atoms with Gasteiger partial charge in [0, 0.05) is 37.3 Å². The molecule has 22 heavy (non-hydrogen) atoms. The van der Waals surface area contributed by atoms with Crippen molar-refractivity contribution in [2.24, 2.45) is 12.0 Å². The largest absolute Gasteiger partial charge is 0.353 e. The minimum Gasteiger partial charge on any atom is -0.353 e. The quantitative estimate of drug-likeness (QED) is 0.672. The van der Waals surface area contributed by atoms with E-state index < -0.39 is 0 Å². The van der Waals surface area contributed by atoms with Gasteiger partial charge in [0.05, 0.1) is 12.2 Å². The summed E-state index contributed by atoms with van der Waals surface area (Å²) in [7, 11) is 3.72. The fraction of sp³-hybridized carbons (Fsp3) is 0.375. The van der Waals surface area contributed by atoms with Crippen molar-refractivity contribution in [2.75, 3.05) is 7.05 Å². The number of hydrogen-bond acceptors (Lipinski definition) is 2. The molecule has 2 unspecified atom stereocenters. The lowest BCUT2D eigenvalue weighted by Crippen LogP contribution is -2.38. The Morgan fingerprint density at radius 1 is 1.45 bits per heavy atom. The van der Waals surface area contributed by atoms with Gasteiger partial charge < -0.3 is 10.6 Å². The number of aryl methyl sites for hydroxylation is 1. The fourth-order valence-electron chi connectivity index (χ4n) is 2.58. The average molecular weight is 318 g/mol. The molecule has 0 bridgehead atoms. The van der Waals surface area contributed by atoms with Gasteiger partial charge in [-0.3, -0.25) is 9.67 Å². The van der Waals surface area contributed by atoms with Gasteiger partial charge in [0.25, 0.3) is 0 Å². The van der Waals surface area contributed by atoms with Crippen LogP contribution in [0.4, 0.5) is 0 Å².